The van der Waals surface area contributed by atoms with Crippen LogP contribution >= 0.6 is 0 Å². The lowest BCUT2D eigenvalue weighted by Crippen LogP contribution is -2.39. The van der Waals surface area contributed by atoms with Crippen molar-refractivity contribution < 1.29 is 29.0 Å². The number of amidine groups is 1. The minimum atomic E-state index is -1.02. The number of hydrogen-bond acceptors (Lipinski definition) is 7. The first-order valence-corrected chi connectivity index (χ1v) is 12.2. The second kappa shape index (κ2) is 7.95. The maximum atomic E-state index is 12.4. The number of rotatable bonds is 7. The van der Waals surface area contributed by atoms with Crippen molar-refractivity contribution in [2.45, 2.75) is 69.1 Å². The summed E-state index contributed by atoms with van der Waals surface area (Å²) in [6.07, 6.45) is 4.86. The molecule has 3 atom stereocenters. The second-order valence-electron chi connectivity index (χ2n) is 10.7. The molecular weight excluding hydrogens is 450 g/mol. The van der Waals surface area contributed by atoms with E-state index in [1.807, 2.05) is 10.6 Å². The van der Waals surface area contributed by atoms with Gasteiger partial charge in [-0.3, -0.25) is 5.32 Å². The zero-order chi connectivity index (χ0) is 24.4. The fourth-order valence-electron chi connectivity index (χ4n) is 5.74. The molecule has 3 heterocycles. The Morgan fingerprint density at radius 3 is 2.80 bits per heavy atom. The number of fused-ring (bicyclic) bond motifs is 1. The van der Waals surface area contributed by atoms with Crippen molar-refractivity contribution in [1.82, 2.24) is 9.88 Å². The molecule has 0 amide bonds. The molecule has 2 aliphatic heterocycles. The van der Waals surface area contributed by atoms with E-state index in [-0.39, 0.29) is 29.2 Å². The highest BCUT2D eigenvalue weighted by molar-refractivity contribution is 6.01. The molecular formula is C26H29N3O6. The molecule has 4 aliphatic rings. The maximum Gasteiger partial charge on any atom is 0.352 e. The van der Waals surface area contributed by atoms with Crippen LogP contribution in [0.2, 0.25) is 0 Å². The lowest BCUT2D eigenvalue weighted by atomic mass is 9.83. The standard InChI is InChI=1S/C26H29N3O6/c1-25(2)11-16(7-8-34-25)15-3-6-20-17(9-15)10-21(23(31)32)29(20)26(24-27-22(13-30)35-28-24)12-18(26)14-33-19-4-5-19/h3,6,9-10,16,18-19H,4-5,7-8,11-12,14H2,1-2H3,(H,27,28)(H,31,32)/t16-,18+,26-/m0/s1. The molecule has 3 fully saturated rings. The Morgan fingerprint density at radius 1 is 1.29 bits per heavy atom. The van der Waals surface area contributed by atoms with Crippen LogP contribution in [0.25, 0.3) is 10.9 Å². The van der Waals surface area contributed by atoms with Crippen LogP contribution in [-0.2, 0) is 24.6 Å². The minimum absolute atomic E-state index is 0.00591. The third-order valence-corrected chi connectivity index (χ3v) is 7.71. The molecule has 0 bridgehead atoms. The quantitative estimate of drug-likeness (QED) is 0.585. The van der Waals surface area contributed by atoms with Gasteiger partial charge in [0.25, 0.3) is 0 Å². The number of benzene rings is 1. The third-order valence-electron chi connectivity index (χ3n) is 7.71. The van der Waals surface area contributed by atoms with Crippen LogP contribution in [0.3, 0.4) is 0 Å². The normalized spacial score (nSPS) is 29.3. The molecule has 1 aromatic heterocycles. The summed E-state index contributed by atoms with van der Waals surface area (Å²) in [5.41, 5.74) is 1.18. The fraction of sp³-hybridized carbons (Fsp3) is 0.538. The highest BCUT2D eigenvalue weighted by Crippen LogP contribution is 2.55. The average Bonchev–Trinajstić information content (AvgIpc) is 3.69. The molecule has 0 spiro atoms. The van der Waals surface area contributed by atoms with E-state index in [0.29, 0.717) is 31.4 Å². The number of carboxylic acid groups (broad SMARTS) is 1. The number of ether oxygens (including phenoxy) is 2. The van der Waals surface area contributed by atoms with E-state index in [9.17, 15) is 14.7 Å². The SMILES string of the molecule is CC1(C)C[C@@H](c2ccc3c(c2)cc(C(=O)O)n3[C@@]2(C3=NOC(=C=O)N3)C[C@@H]2COC2CC2)CCO1. The number of nitrogens with zero attached hydrogens (tertiary/aromatic N) is 2. The van der Waals surface area contributed by atoms with E-state index in [2.05, 4.69) is 36.5 Å². The van der Waals surface area contributed by atoms with Gasteiger partial charge in [0.1, 0.15) is 11.2 Å². The Labute approximate surface area is 202 Å². The molecule has 184 valence electrons. The van der Waals surface area contributed by atoms with E-state index >= 15 is 0 Å². The Morgan fingerprint density at radius 2 is 2.11 bits per heavy atom. The summed E-state index contributed by atoms with van der Waals surface area (Å²) < 4.78 is 13.7. The van der Waals surface area contributed by atoms with Gasteiger partial charge in [-0.15, -0.1) is 0 Å². The fourth-order valence-corrected chi connectivity index (χ4v) is 5.74. The first-order valence-electron chi connectivity index (χ1n) is 12.2. The van der Waals surface area contributed by atoms with Crippen LogP contribution in [0, 0.1) is 5.92 Å². The predicted octanol–water partition coefficient (Wildman–Crippen LogP) is 3.51. The highest BCUT2D eigenvalue weighted by Gasteiger charge is 2.63. The number of aromatic nitrogens is 1. The number of aromatic carboxylic acids is 1. The summed E-state index contributed by atoms with van der Waals surface area (Å²) in [6, 6.07) is 7.94. The first kappa shape index (κ1) is 22.3. The Bertz CT molecular complexity index is 1290. The molecule has 1 saturated heterocycles. The summed E-state index contributed by atoms with van der Waals surface area (Å²) in [4.78, 5) is 28.7. The molecule has 2 N–H and O–H groups in total. The number of hydrogen-bond donors (Lipinski definition) is 2. The summed E-state index contributed by atoms with van der Waals surface area (Å²) in [5, 5.41) is 18.0. The second-order valence-corrected chi connectivity index (χ2v) is 10.7. The van der Waals surface area contributed by atoms with E-state index in [4.69, 9.17) is 14.3 Å². The van der Waals surface area contributed by atoms with Crippen molar-refractivity contribution in [3.8, 4) is 0 Å². The van der Waals surface area contributed by atoms with Crippen molar-refractivity contribution in [3.05, 3.63) is 41.4 Å². The Balaban J connectivity index is 1.42. The Kier molecular flexibility index (Phi) is 5.07. The molecule has 1 aromatic carbocycles. The van der Waals surface area contributed by atoms with E-state index in [1.54, 1.807) is 12.0 Å². The number of carboxylic acids is 1. The van der Waals surface area contributed by atoms with Crippen molar-refractivity contribution in [3.63, 3.8) is 0 Å². The molecule has 6 rings (SSSR count). The Hall–Kier alpha value is -3.13. The van der Waals surface area contributed by atoms with Gasteiger partial charge in [-0.2, -0.15) is 0 Å². The molecule has 0 unspecified atom stereocenters. The first-order chi connectivity index (χ1) is 16.8. The topological polar surface area (TPSA) is 111 Å². The van der Waals surface area contributed by atoms with Crippen molar-refractivity contribution in [2.75, 3.05) is 13.2 Å². The number of nitrogens with one attached hydrogen (secondary N) is 1. The van der Waals surface area contributed by atoms with E-state index < -0.39 is 11.5 Å². The van der Waals surface area contributed by atoms with Crippen LogP contribution in [0.4, 0.5) is 0 Å². The monoisotopic (exact) mass is 479 g/mol. The summed E-state index contributed by atoms with van der Waals surface area (Å²) in [7, 11) is 0. The molecule has 9 heteroatoms. The lowest BCUT2D eigenvalue weighted by molar-refractivity contribution is -0.0592. The number of oxime groups is 1. The largest absolute Gasteiger partial charge is 0.477 e. The van der Waals surface area contributed by atoms with Gasteiger partial charge >= 0.3 is 11.9 Å². The number of carbonyl (C=O) groups is 1. The average molecular weight is 480 g/mol. The van der Waals surface area contributed by atoms with Gasteiger partial charge in [-0.25, -0.2) is 9.59 Å². The van der Waals surface area contributed by atoms with Crippen LogP contribution in [0.15, 0.2) is 35.3 Å². The molecule has 35 heavy (non-hydrogen) atoms. The van der Waals surface area contributed by atoms with Gasteiger partial charge < -0.3 is 24.0 Å². The van der Waals surface area contributed by atoms with Crippen molar-refractivity contribution >= 4 is 28.6 Å². The van der Waals surface area contributed by atoms with E-state index in [1.165, 1.54) is 5.56 Å². The van der Waals surface area contributed by atoms with Gasteiger partial charge in [0, 0.05) is 23.4 Å². The smallest absolute Gasteiger partial charge is 0.352 e. The molecule has 0 radical (unpaired) electrons. The van der Waals surface area contributed by atoms with Crippen LogP contribution in [-0.4, -0.2) is 52.3 Å². The number of carbonyl (C=O) groups excluding carboxylic acids is 1. The summed E-state index contributed by atoms with van der Waals surface area (Å²) in [5.74, 6) is 1.31. The summed E-state index contributed by atoms with van der Waals surface area (Å²) >= 11 is 0. The summed E-state index contributed by atoms with van der Waals surface area (Å²) in [6.45, 7) is 5.41. The highest BCUT2D eigenvalue weighted by atomic mass is 16.7. The molecule has 2 aromatic rings. The van der Waals surface area contributed by atoms with Gasteiger partial charge in [0.05, 0.1) is 18.3 Å². The van der Waals surface area contributed by atoms with Crippen LogP contribution < -0.4 is 5.32 Å². The van der Waals surface area contributed by atoms with Crippen LogP contribution in [0.5, 0.6) is 0 Å². The lowest BCUT2D eigenvalue weighted by Gasteiger charge is -2.35. The van der Waals surface area contributed by atoms with Gasteiger partial charge in [-0.05, 0) is 75.6 Å². The molecule has 2 aliphatic carbocycles. The van der Waals surface area contributed by atoms with Crippen molar-refractivity contribution in [1.29, 1.82) is 0 Å². The predicted molar refractivity (Wildman–Crippen MR) is 127 cm³/mol. The molecule has 9 nitrogen and oxygen atoms in total. The van der Waals surface area contributed by atoms with E-state index in [0.717, 1.165) is 36.6 Å². The van der Waals surface area contributed by atoms with Gasteiger partial charge in [-0.1, -0.05) is 11.2 Å². The van der Waals surface area contributed by atoms with Crippen molar-refractivity contribution in [2.24, 2.45) is 11.1 Å². The maximum absolute atomic E-state index is 12.4. The van der Waals surface area contributed by atoms with Gasteiger partial charge in [0.2, 0.25) is 0 Å². The zero-order valence-corrected chi connectivity index (χ0v) is 19.9. The third kappa shape index (κ3) is 3.84. The molecule has 2 saturated carbocycles. The minimum Gasteiger partial charge on any atom is -0.477 e. The van der Waals surface area contributed by atoms with Crippen LogP contribution in [0.1, 0.15) is 67.9 Å². The van der Waals surface area contributed by atoms with Gasteiger partial charge in [0.15, 0.2) is 11.8 Å². The zero-order valence-electron chi connectivity index (χ0n) is 19.9.